The van der Waals surface area contributed by atoms with E-state index in [9.17, 15) is 4.79 Å². The number of carbonyl (C=O) groups excluding carboxylic acids is 1. The summed E-state index contributed by atoms with van der Waals surface area (Å²) in [5.41, 5.74) is 1.81. The molecule has 1 N–H and O–H groups in total. The van der Waals surface area contributed by atoms with E-state index < -0.39 is 0 Å². The van der Waals surface area contributed by atoms with Crippen molar-refractivity contribution in [3.05, 3.63) is 42.1 Å². The molecule has 0 aliphatic carbocycles. The van der Waals surface area contributed by atoms with E-state index in [0.717, 1.165) is 49.2 Å². The second-order valence-corrected chi connectivity index (χ2v) is 5.16. The normalized spacial score (nSPS) is 16.1. The van der Waals surface area contributed by atoms with Crippen LogP contribution in [0.15, 0.2) is 36.4 Å². The number of aromatic nitrogens is 1. The number of hydrogen-bond acceptors (Lipinski definition) is 3. The SMILES string of the molecule is O=C(Cc1ccc2ccccc2n1)N1CCCNCC1. The van der Waals surface area contributed by atoms with Crippen LogP contribution in [0, 0.1) is 0 Å². The van der Waals surface area contributed by atoms with Gasteiger partial charge in [-0.2, -0.15) is 0 Å². The Morgan fingerprint density at radius 1 is 1.15 bits per heavy atom. The number of amides is 1. The molecule has 20 heavy (non-hydrogen) atoms. The summed E-state index contributed by atoms with van der Waals surface area (Å²) in [6.07, 6.45) is 1.42. The van der Waals surface area contributed by atoms with E-state index in [0.29, 0.717) is 6.42 Å². The summed E-state index contributed by atoms with van der Waals surface area (Å²) < 4.78 is 0. The predicted octanol–water partition coefficient (Wildman–Crippen LogP) is 1.60. The van der Waals surface area contributed by atoms with Crippen molar-refractivity contribution >= 4 is 16.8 Å². The van der Waals surface area contributed by atoms with Crippen molar-refractivity contribution in [3.63, 3.8) is 0 Å². The summed E-state index contributed by atoms with van der Waals surface area (Å²) in [5.74, 6) is 0.177. The second-order valence-electron chi connectivity index (χ2n) is 5.16. The van der Waals surface area contributed by atoms with Gasteiger partial charge in [-0.1, -0.05) is 24.3 Å². The van der Waals surface area contributed by atoms with Gasteiger partial charge in [0, 0.05) is 25.0 Å². The van der Waals surface area contributed by atoms with Crippen LogP contribution in [0.4, 0.5) is 0 Å². The van der Waals surface area contributed by atoms with Crippen molar-refractivity contribution in [2.24, 2.45) is 0 Å². The zero-order valence-electron chi connectivity index (χ0n) is 11.5. The Labute approximate surface area is 118 Å². The van der Waals surface area contributed by atoms with E-state index in [1.54, 1.807) is 0 Å². The minimum Gasteiger partial charge on any atom is -0.341 e. The Morgan fingerprint density at radius 2 is 2.05 bits per heavy atom. The van der Waals surface area contributed by atoms with Gasteiger partial charge in [0.25, 0.3) is 0 Å². The molecule has 2 aromatic rings. The molecule has 0 saturated carbocycles. The van der Waals surface area contributed by atoms with Gasteiger partial charge >= 0.3 is 0 Å². The third kappa shape index (κ3) is 2.96. The lowest BCUT2D eigenvalue weighted by Crippen LogP contribution is -2.35. The maximum absolute atomic E-state index is 12.3. The molecule has 1 saturated heterocycles. The van der Waals surface area contributed by atoms with Crippen molar-refractivity contribution in [2.45, 2.75) is 12.8 Å². The predicted molar refractivity (Wildman–Crippen MR) is 79.5 cm³/mol. The highest BCUT2D eigenvalue weighted by atomic mass is 16.2. The molecule has 4 heteroatoms. The lowest BCUT2D eigenvalue weighted by atomic mass is 10.1. The van der Waals surface area contributed by atoms with Crippen LogP contribution in [0.1, 0.15) is 12.1 Å². The van der Waals surface area contributed by atoms with Crippen LogP contribution in [-0.4, -0.2) is 42.0 Å². The maximum atomic E-state index is 12.3. The van der Waals surface area contributed by atoms with Crippen LogP contribution in [-0.2, 0) is 11.2 Å². The van der Waals surface area contributed by atoms with Crippen molar-refractivity contribution in [3.8, 4) is 0 Å². The Hall–Kier alpha value is -1.94. The third-order valence-electron chi connectivity index (χ3n) is 3.68. The first-order chi connectivity index (χ1) is 9.83. The number of benzene rings is 1. The van der Waals surface area contributed by atoms with Crippen LogP contribution in [0.3, 0.4) is 0 Å². The van der Waals surface area contributed by atoms with Crippen LogP contribution in [0.25, 0.3) is 10.9 Å². The molecule has 0 bridgehead atoms. The highest BCUT2D eigenvalue weighted by molar-refractivity contribution is 5.81. The van der Waals surface area contributed by atoms with Crippen molar-refractivity contribution in [2.75, 3.05) is 26.2 Å². The summed E-state index contributed by atoms with van der Waals surface area (Å²) in [7, 11) is 0. The summed E-state index contributed by atoms with van der Waals surface area (Å²) in [4.78, 5) is 18.8. The molecular formula is C16H19N3O. The van der Waals surface area contributed by atoms with Crippen molar-refractivity contribution in [1.82, 2.24) is 15.2 Å². The fourth-order valence-electron chi connectivity index (χ4n) is 2.57. The Kier molecular flexibility index (Phi) is 3.92. The quantitative estimate of drug-likeness (QED) is 0.900. The third-order valence-corrected chi connectivity index (χ3v) is 3.68. The summed E-state index contributed by atoms with van der Waals surface area (Å²) in [6.45, 7) is 3.53. The number of carbonyl (C=O) groups is 1. The molecule has 3 rings (SSSR count). The fraction of sp³-hybridized carbons (Fsp3) is 0.375. The molecule has 1 aliphatic rings. The van der Waals surface area contributed by atoms with Gasteiger partial charge in [-0.05, 0) is 25.1 Å². The largest absolute Gasteiger partial charge is 0.341 e. The number of pyridine rings is 1. The molecule has 1 fully saturated rings. The minimum atomic E-state index is 0.177. The van der Waals surface area contributed by atoms with Gasteiger partial charge in [0.2, 0.25) is 5.91 Å². The first-order valence-electron chi connectivity index (χ1n) is 7.16. The molecule has 1 aromatic heterocycles. The molecule has 0 radical (unpaired) electrons. The first kappa shape index (κ1) is 13.1. The zero-order chi connectivity index (χ0) is 13.8. The van der Waals surface area contributed by atoms with Gasteiger partial charge in [0.15, 0.2) is 0 Å². The summed E-state index contributed by atoms with van der Waals surface area (Å²) in [5, 5.41) is 4.42. The number of rotatable bonds is 2. The van der Waals surface area contributed by atoms with E-state index in [4.69, 9.17) is 0 Å². The molecule has 1 aromatic carbocycles. The summed E-state index contributed by atoms with van der Waals surface area (Å²) in [6, 6.07) is 12.0. The van der Waals surface area contributed by atoms with E-state index in [1.165, 1.54) is 0 Å². The number of nitrogens with one attached hydrogen (secondary N) is 1. The smallest absolute Gasteiger partial charge is 0.228 e. The highest BCUT2D eigenvalue weighted by Crippen LogP contribution is 2.12. The first-order valence-corrected chi connectivity index (χ1v) is 7.16. The fourth-order valence-corrected chi connectivity index (χ4v) is 2.57. The Bertz CT molecular complexity index is 603. The molecular weight excluding hydrogens is 250 g/mol. The average molecular weight is 269 g/mol. The molecule has 104 valence electrons. The van der Waals surface area contributed by atoms with Gasteiger partial charge in [-0.3, -0.25) is 9.78 Å². The molecule has 0 spiro atoms. The molecule has 1 amide bonds. The molecule has 4 nitrogen and oxygen atoms in total. The van der Waals surface area contributed by atoms with Crippen molar-refractivity contribution in [1.29, 1.82) is 0 Å². The number of nitrogens with zero attached hydrogens (tertiary/aromatic N) is 2. The van der Waals surface area contributed by atoms with Crippen molar-refractivity contribution < 1.29 is 4.79 Å². The summed E-state index contributed by atoms with van der Waals surface area (Å²) >= 11 is 0. The minimum absolute atomic E-state index is 0.177. The van der Waals surface area contributed by atoms with Gasteiger partial charge in [0.1, 0.15) is 0 Å². The maximum Gasteiger partial charge on any atom is 0.228 e. The van der Waals surface area contributed by atoms with Crippen LogP contribution in [0.5, 0.6) is 0 Å². The Balaban J connectivity index is 1.73. The second kappa shape index (κ2) is 6.01. The van der Waals surface area contributed by atoms with Gasteiger partial charge in [-0.25, -0.2) is 0 Å². The van der Waals surface area contributed by atoms with Gasteiger partial charge < -0.3 is 10.2 Å². The molecule has 1 aliphatic heterocycles. The average Bonchev–Trinajstić information content (AvgIpc) is 2.76. The monoisotopic (exact) mass is 269 g/mol. The van der Waals surface area contributed by atoms with Gasteiger partial charge in [0.05, 0.1) is 17.6 Å². The standard InChI is InChI=1S/C16H19N3O/c20-16(19-10-3-8-17-9-11-19)12-14-7-6-13-4-1-2-5-15(13)18-14/h1-2,4-7,17H,3,8-12H2. The number of para-hydroxylation sites is 1. The van der Waals surface area contributed by atoms with Crippen LogP contribution in [0.2, 0.25) is 0 Å². The van der Waals surface area contributed by atoms with E-state index in [1.807, 2.05) is 41.3 Å². The molecule has 0 atom stereocenters. The lowest BCUT2D eigenvalue weighted by Gasteiger charge is -2.19. The van der Waals surface area contributed by atoms with E-state index in [-0.39, 0.29) is 5.91 Å². The van der Waals surface area contributed by atoms with Crippen LogP contribution >= 0.6 is 0 Å². The topological polar surface area (TPSA) is 45.2 Å². The number of hydrogen-bond donors (Lipinski definition) is 1. The molecule has 2 heterocycles. The number of fused-ring (bicyclic) bond motifs is 1. The highest BCUT2D eigenvalue weighted by Gasteiger charge is 2.16. The van der Waals surface area contributed by atoms with E-state index >= 15 is 0 Å². The van der Waals surface area contributed by atoms with Gasteiger partial charge in [-0.15, -0.1) is 0 Å². The molecule has 0 unspecified atom stereocenters. The van der Waals surface area contributed by atoms with E-state index in [2.05, 4.69) is 10.3 Å². The lowest BCUT2D eigenvalue weighted by molar-refractivity contribution is -0.130. The zero-order valence-corrected chi connectivity index (χ0v) is 11.5. The Morgan fingerprint density at radius 3 is 3.00 bits per heavy atom. The van der Waals surface area contributed by atoms with Crippen LogP contribution < -0.4 is 5.32 Å².